The number of hydrogen-bond acceptors (Lipinski definition) is 1. The summed E-state index contributed by atoms with van der Waals surface area (Å²) in [7, 11) is 4.33. The van der Waals surface area contributed by atoms with Crippen molar-refractivity contribution in [1.29, 1.82) is 0 Å². The van der Waals surface area contributed by atoms with E-state index in [4.69, 9.17) is 0 Å². The van der Waals surface area contributed by atoms with E-state index in [0.29, 0.717) is 0 Å². The molecule has 68 valence electrons. The van der Waals surface area contributed by atoms with Crippen LogP contribution in [0.15, 0.2) is 0 Å². The van der Waals surface area contributed by atoms with Crippen molar-refractivity contribution in [3.05, 3.63) is 0 Å². The van der Waals surface area contributed by atoms with E-state index in [9.17, 15) is 0 Å². The van der Waals surface area contributed by atoms with Crippen LogP contribution in [0.25, 0.3) is 0 Å². The van der Waals surface area contributed by atoms with E-state index in [1.165, 1.54) is 32.2 Å². The van der Waals surface area contributed by atoms with Crippen molar-refractivity contribution in [2.24, 2.45) is 5.92 Å². The van der Waals surface area contributed by atoms with E-state index in [0.717, 1.165) is 5.92 Å². The molecule has 1 nitrogen and oxygen atoms in total. The normalized spacial score (nSPS) is 11.5. The monoisotopic (exact) mass is 157 g/mol. The summed E-state index contributed by atoms with van der Waals surface area (Å²) in [6, 6.07) is 0. The van der Waals surface area contributed by atoms with Crippen molar-refractivity contribution >= 4 is 0 Å². The molecule has 0 atom stereocenters. The van der Waals surface area contributed by atoms with E-state index in [2.05, 4.69) is 32.8 Å². The van der Waals surface area contributed by atoms with Gasteiger partial charge < -0.3 is 4.90 Å². The fraction of sp³-hybridized carbons (Fsp3) is 1.00. The molecule has 0 rings (SSSR count). The average Bonchev–Trinajstić information content (AvgIpc) is 1.87. The smallest absolute Gasteiger partial charge is 0.000355 e. The fourth-order valence-corrected chi connectivity index (χ4v) is 1.66. The van der Waals surface area contributed by atoms with Crippen LogP contribution in [0.4, 0.5) is 0 Å². The zero-order chi connectivity index (χ0) is 8.69. The third kappa shape index (κ3) is 6.36. The van der Waals surface area contributed by atoms with Gasteiger partial charge in [-0.2, -0.15) is 0 Å². The lowest BCUT2D eigenvalue weighted by atomic mass is 9.98. The first-order valence-corrected chi connectivity index (χ1v) is 4.85. The van der Waals surface area contributed by atoms with Gasteiger partial charge in [-0.05, 0) is 32.9 Å². The molecule has 0 aromatic heterocycles. The lowest BCUT2D eigenvalue weighted by Gasteiger charge is -2.19. The molecule has 11 heavy (non-hydrogen) atoms. The Morgan fingerprint density at radius 2 is 1.45 bits per heavy atom. The van der Waals surface area contributed by atoms with E-state index in [1.54, 1.807) is 0 Å². The molecule has 0 unspecified atom stereocenters. The summed E-state index contributed by atoms with van der Waals surface area (Å²) in [5.74, 6) is 0.931. The van der Waals surface area contributed by atoms with Crippen LogP contribution in [0.1, 0.15) is 39.5 Å². The molecule has 0 bridgehead atoms. The highest BCUT2D eigenvalue weighted by Gasteiger charge is 2.06. The zero-order valence-electron chi connectivity index (χ0n) is 8.56. The van der Waals surface area contributed by atoms with Crippen LogP contribution in [0.3, 0.4) is 0 Å². The molecule has 0 heterocycles. The first-order chi connectivity index (χ1) is 5.20. The van der Waals surface area contributed by atoms with Gasteiger partial charge in [0.2, 0.25) is 0 Å². The largest absolute Gasteiger partial charge is 0.309 e. The Kier molecular flexibility index (Phi) is 6.63. The zero-order valence-corrected chi connectivity index (χ0v) is 8.56. The SMILES string of the molecule is CCCC(CCC)CN(C)C. The first kappa shape index (κ1) is 11.0. The second kappa shape index (κ2) is 6.66. The molecule has 0 aliphatic rings. The van der Waals surface area contributed by atoms with Gasteiger partial charge in [-0.1, -0.05) is 26.7 Å². The molecule has 0 aromatic rings. The molecule has 0 amide bonds. The lowest BCUT2D eigenvalue weighted by Crippen LogP contribution is -2.21. The number of rotatable bonds is 6. The van der Waals surface area contributed by atoms with Crippen molar-refractivity contribution in [3.63, 3.8) is 0 Å². The van der Waals surface area contributed by atoms with Crippen molar-refractivity contribution in [1.82, 2.24) is 4.90 Å². The maximum absolute atomic E-state index is 2.30. The molecule has 0 saturated heterocycles. The van der Waals surface area contributed by atoms with Crippen LogP contribution in [-0.2, 0) is 0 Å². The summed E-state index contributed by atoms with van der Waals surface area (Å²) in [6.45, 7) is 5.82. The van der Waals surface area contributed by atoms with Crippen molar-refractivity contribution < 1.29 is 0 Å². The highest BCUT2D eigenvalue weighted by molar-refractivity contribution is 4.60. The van der Waals surface area contributed by atoms with Gasteiger partial charge in [0, 0.05) is 6.54 Å². The van der Waals surface area contributed by atoms with Crippen molar-refractivity contribution in [2.45, 2.75) is 39.5 Å². The molecule has 0 fully saturated rings. The Bertz CT molecular complexity index is 72.9. The molecular formula is C10H23N. The minimum atomic E-state index is 0.931. The third-order valence-electron chi connectivity index (χ3n) is 2.02. The number of hydrogen-bond donors (Lipinski definition) is 0. The fourth-order valence-electron chi connectivity index (χ4n) is 1.66. The summed E-state index contributed by atoms with van der Waals surface area (Å²) in [4.78, 5) is 2.30. The standard InChI is InChI=1S/C10H23N/c1-5-7-10(8-6-2)9-11(3)4/h10H,5-9H2,1-4H3. The Morgan fingerprint density at radius 1 is 1.00 bits per heavy atom. The predicted molar refractivity (Wildman–Crippen MR) is 51.9 cm³/mol. The maximum atomic E-state index is 2.30. The Morgan fingerprint density at radius 3 is 1.73 bits per heavy atom. The second-order valence-electron chi connectivity index (χ2n) is 3.71. The van der Waals surface area contributed by atoms with Gasteiger partial charge in [0.15, 0.2) is 0 Å². The van der Waals surface area contributed by atoms with Crippen LogP contribution in [0, 0.1) is 5.92 Å². The first-order valence-electron chi connectivity index (χ1n) is 4.85. The van der Waals surface area contributed by atoms with E-state index >= 15 is 0 Å². The molecule has 1 heteroatoms. The van der Waals surface area contributed by atoms with Crippen molar-refractivity contribution in [2.75, 3.05) is 20.6 Å². The van der Waals surface area contributed by atoms with E-state index in [1.807, 2.05) is 0 Å². The van der Waals surface area contributed by atoms with Crippen LogP contribution in [-0.4, -0.2) is 25.5 Å². The van der Waals surface area contributed by atoms with Gasteiger partial charge in [0.25, 0.3) is 0 Å². The van der Waals surface area contributed by atoms with E-state index < -0.39 is 0 Å². The van der Waals surface area contributed by atoms with Crippen molar-refractivity contribution in [3.8, 4) is 0 Å². The molecule has 0 aromatic carbocycles. The lowest BCUT2D eigenvalue weighted by molar-refractivity contribution is 0.296. The summed E-state index contributed by atoms with van der Waals surface area (Å²) < 4.78 is 0. The molecule has 0 aliphatic heterocycles. The summed E-state index contributed by atoms with van der Waals surface area (Å²) in [6.07, 6.45) is 5.45. The summed E-state index contributed by atoms with van der Waals surface area (Å²) in [5.41, 5.74) is 0. The molecular weight excluding hydrogens is 134 g/mol. The quantitative estimate of drug-likeness (QED) is 0.573. The minimum absolute atomic E-state index is 0.931. The van der Waals surface area contributed by atoms with Gasteiger partial charge in [-0.15, -0.1) is 0 Å². The van der Waals surface area contributed by atoms with Crippen LogP contribution < -0.4 is 0 Å². The Hall–Kier alpha value is -0.0400. The molecule has 0 N–H and O–H groups in total. The highest BCUT2D eigenvalue weighted by Crippen LogP contribution is 2.13. The van der Waals surface area contributed by atoms with Crippen LogP contribution >= 0.6 is 0 Å². The number of nitrogens with zero attached hydrogens (tertiary/aromatic N) is 1. The minimum Gasteiger partial charge on any atom is -0.309 e. The summed E-state index contributed by atoms with van der Waals surface area (Å²) in [5, 5.41) is 0. The average molecular weight is 157 g/mol. The molecule has 0 spiro atoms. The molecule has 0 aliphatic carbocycles. The van der Waals surface area contributed by atoms with E-state index in [-0.39, 0.29) is 0 Å². The summed E-state index contributed by atoms with van der Waals surface area (Å²) >= 11 is 0. The van der Waals surface area contributed by atoms with Gasteiger partial charge in [0.05, 0.1) is 0 Å². The van der Waals surface area contributed by atoms with Gasteiger partial charge >= 0.3 is 0 Å². The predicted octanol–water partition coefficient (Wildman–Crippen LogP) is 2.76. The van der Waals surface area contributed by atoms with Crippen LogP contribution in [0.5, 0.6) is 0 Å². The van der Waals surface area contributed by atoms with Gasteiger partial charge in [-0.25, -0.2) is 0 Å². The highest BCUT2D eigenvalue weighted by atomic mass is 15.1. The molecule has 0 radical (unpaired) electrons. The maximum Gasteiger partial charge on any atom is 0.000355 e. The third-order valence-corrected chi connectivity index (χ3v) is 2.02. The van der Waals surface area contributed by atoms with Gasteiger partial charge in [0.1, 0.15) is 0 Å². The second-order valence-corrected chi connectivity index (χ2v) is 3.71. The topological polar surface area (TPSA) is 3.24 Å². The Balaban J connectivity index is 3.50. The Labute approximate surface area is 71.8 Å². The van der Waals surface area contributed by atoms with Gasteiger partial charge in [-0.3, -0.25) is 0 Å². The molecule has 0 saturated carbocycles. The van der Waals surface area contributed by atoms with Crippen LogP contribution in [0.2, 0.25) is 0 Å².